The fourth-order valence-corrected chi connectivity index (χ4v) is 3.10. The zero-order chi connectivity index (χ0) is 17.0. The van der Waals surface area contributed by atoms with E-state index in [4.69, 9.17) is 0 Å². The van der Waals surface area contributed by atoms with E-state index in [9.17, 15) is 14.4 Å². The number of amides is 3. The molecule has 6 heteroatoms. The highest BCUT2D eigenvalue weighted by Crippen LogP contribution is 2.19. The Hall–Kier alpha value is -1.59. The summed E-state index contributed by atoms with van der Waals surface area (Å²) >= 11 is 0. The van der Waals surface area contributed by atoms with E-state index < -0.39 is 0 Å². The van der Waals surface area contributed by atoms with Gasteiger partial charge in [0.25, 0.3) is 0 Å². The topological polar surface area (TPSA) is 60.9 Å². The first kappa shape index (κ1) is 17.8. The van der Waals surface area contributed by atoms with E-state index in [2.05, 4.69) is 0 Å². The molecule has 0 spiro atoms. The molecule has 2 saturated heterocycles. The van der Waals surface area contributed by atoms with Crippen molar-refractivity contribution in [3.8, 4) is 0 Å². The second-order valence-corrected chi connectivity index (χ2v) is 7.55. The van der Waals surface area contributed by atoms with Crippen LogP contribution in [0, 0.1) is 5.41 Å². The molecule has 0 aromatic heterocycles. The van der Waals surface area contributed by atoms with Gasteiger partial charge in [-0.15, -0.1) is 0 Å². The molecule has 2 aliphatic heterocycles. The number of nitrogens with zero attached hydrogens (tertiary/aromatic N) is 3. The van der Waals surface area contributed by atoms with Crippen LogP contribution in [-0.4, -0.2) is 71.7 Å². The molecular formula is C17H29N3O3. The normalized spacial score (nSPS) is 20.5. The summed E-state index contributed by atoms with van der Waals surface area (Å²) in [6, 6.07) is 0. The number of carbonyl (C=O) groups is 3. The first-order valence-corrected chi connectivity index (χ1v) is 8.64. The lowest BCUT2D eigenvalue weighted by Gasteiger charge is -2.38. The number of likely N-dealkylation sites (tertiary alicyclic amines) is 1. The molecule has 0 aromatic carbocycles. The summed E-state index contributed by atoms with van der Waals surface area (Å²) in [5.74, 6) is 0.229. The second kappa shape index (κ2) is 7.32. The lowest BCUT2D eigenvalue weighted by Crippen LogP contribution is -2.54. The smallest absolute Gasteiger partial charge is 0.242 e. The molecule has 0 saturated carbocycles. The third-order valence-corrected chi connectivity index (χ3v) is 4.56. The van der Waals surface area contributed by atoms with Crippen LogP contribution in [-0.2, 0) is 14.4 Å². The first-order chi connectivity index (χ1) is 10.8. The average Bonchev–Trinajstić information content (AvgIpc) is 2.71. The summed E-state index contributed by atoms with van der Waals surface area (Å²) in [6.07, 6.45) is 3.52. The zero-order valence-electron chi connectivity index (χ0n) is 14.6. The van der Waals surface area contributed by atoms with Crippen molar-refractivity contribution in [2.24, 2.45) is 5.41 Å². The predicted octanol–water partition coefficient (Wildman–Crippen LogP) is 1.11. The standard InChI is InChI=1S/C17H29N3O3/c1-17(2,3)16(23)19-11-9-18(10-12-19)15(22)13-20-8-6-4-5-7-14(20)21/h4-13H2,1-3H3. The van der Waals surface area contributed by atoms with Crippen molar-refractivity contribution in [2.75, 3.05) is 39.3 Å². The monoisotopic (exact) mass is 323 g/mol. The van der Waals surface area contributed by atoms with E-state index >= 15 is 0 Å². The lowest BCUT2D eigenvalue weighted by molar-refractivity contribution is -0.146. The molecular weight excluding hydrogens is 294 g/mol. The van der Waals surface area contributed by atoms with Crippen molar-refractivity contribution in [2.45, 2.75) is 46.5 Å². The van der Waals surface area contributed by atoms with Crippen molar-refractivity contribution in [3.63, 3.8) is 0 Å². The van der Waals surface area contributed by atoms with Crippen LogP contribution < -0.4 is 0 Å². The predicted molar refractivity (Wildman–Crippen MR) is 87.7 cm³/mol. The minimum Gasteiger partial charge on any atom is -0.339 e. The van der Waals surface area contributed by atoms with E-state index in [0.29, 0.717) is 39.1 Å². The quantitative estimate of drug-likeness (QED) is 0.765. The largest absolute Gasteiger partial charge is 0.339 e. The summed E-state index contributed by atoms with van der Waals surface area (Å²) < 4.78 is 0. The maximum Gasteiger partial charge on any atom is 0.242 e. The Labute approximate surface area is 138 Å². The molecule has 2 fully saturated rings. The highest BCUT2D eigenvalue weighted by atomic mass is 16.2. The van der Waals surface area contributed by atoms with Gasteiger partial charge in [0, 0.05) is 44.6 Å². The van der Waals surface area contributed by atoms with Gasteiger partial charge in [-0.05, 0) is 12.8 Å². The average molecular weight is 323 g/mol. The Kier molecular flexibility index (Phi) is 5.65. The maximum atomic E-state index is 12.4. The van der Waals surface area contributed by atoms with Gasteiger partial charge < -0.3 is 14.7 Å². The van der Waals surface area contributed by atoms with Crippen LogP contribution in [0.5, 0.6) is 0 Å². The zero-order valence-corrected chi connectivity index (χ0v) is 14.6. The summed E-state index contributed by atoms with van der Waals surface area (Å²) in [5, 5.41) is 0. The maximum absolute atomic E-state index is 12.4. The van der Waals surface area contributed by atoms with Crippen LogP contribution in [0.1, 0.15) is 46.5 Å². The Morgan fingerprint density at radius 2 is 1.52 bits per heavy atom. The van der Waals surface area contributed by atoms with Gasteiger partial charge in [-0.25, -0.2) is 0 Å². The Morgan fingerprint density at radius 1 is 0.913 bits per heavy atom. The summed E-state index contributed by atoms with van der Waals surface area (Å²) in [7, 11) is 0. The molecule has 0 aliphatic carbocycles. The number of rotatable bonds is 2. The molecule has 0 aromatic rings. The molecule has 6 nitrogen and oxygen atoms in total. The van der Waals surface area contributed by atoms with Gasteiger partial charge in [-0.2, -0.15) is 0 Å². The lowest BCUT2D eigenvalue weighted by atomic mass is 9.94. The summed E-state index contributed by atoms with van der Waals surface area (Å²) in [5.41, 5.74) is -0.384. The number of hydrogen-bond acceptors (Lipinski definition) is 3. The summed E-state index contributed by atoms with van der Waals surface area (Å²) in [4.78, 5) is 42.0. The third-order valence-electron chi connectivity index (χ3n) is 4.56. The molecule has 0 bridgehead atoms. The van der Waals surface area contributed by atoms with Crippen LogP contribution in [0.4, 0.5) is 0 Å². The molecule has 2 heterocycles. The fourth-order valence-electron chi connectivity index (χ4n) is 3.10. The van der Waals surface area contributed by atoms with Gasteiger partial charge in [-0.3, -0.25) is 14.4 Å². The highest BCUT2D eigenvalue weighted by molar-refractivity contribution is 5.85. The van der Waals surface area contributed by atoms with Crippen molar-refractivity contribution < 1.29 is 14.4 Å². The summed E-state index contributed by atoms with van der Waals surface area (Å²) in [6.45, 7) is 8.89. The van der Waals surface area contributed by atoms with Crippen LogP contribution in [0.25, 0.3) is 0 Å². The molecule has 0 radical (unpaired) electrons. The highest BCUT2D eigenvalue weighted by Gasteiger charge is 2.31. The van der Waals surface area contributed by atoms with Gasteiger partial charge >= 0.3 is 0 Å². The van der Waals surface area contributed by atoms with E-state index in [1.807, 2.05) is 25.7 Å². The molecule has 0 atom stereocenters. The minimum atomic E-state index is -0.384. The third kappa shape index (κ3) is 4.69. The van der Waals surface area contributed by atoms with Gasteiger partial charge in [0.2, 0.25) is 17.7 Å². The minimum absolute atomic E-state index is 0.00288. The molecule has 0 unspecified atom stereocenters. The van der Waals surface area contributed by atoms with Gasteiger partial charge in [0.05, 0.1) is 6.54 Å². The SMILES string of the molecule is CC(C)(C)C(=O)N1CCN(C(=O)CN2CCCCCC2=O)CC1. The van der Waals surface area contributed by atoms with Crippen LogP contribution >= 0.6 is 0 Å². The fraction of sp³-hybridized carbons (Fsp3) is 0.824. The van der Waals surface area contributed by atoms with Crippen molar-refractivity contribution in [3.05, 3.63) is 0 Å². The molecule has 130 valence electrons. The Bertz CT molecular complexity index is 462. The molecule has 0 N–H and O–H groups in total. The van der Waals surface area contributed by atoms with Crippen molar-refractivity contribution >= 4 is 17.7 Å². The Morgan fingerprint density at radius 3 is 2.13 bits per heavy atom. The van der Waals surface area contributed by atoms with Crippen molar-refractivity contribution in [1.82, 2.24) is 14.7 Å². The number of piperazine rings is 1. The molecule has 23 heavy (non-hydrogen) atoms. The molecule has 2 rings (SSSR count). The van der Waals surface area contributed by atoms with E-state index in [1.165, 1.54) is 0 Å². The van der Waals surface area contributed by atoms with Crippen LogP contribution in [0.3, 0.4) is 0 Å². The molecule has 2 aliphatic rings. The van der Waals surface area contributed by atoms with Gasteiger partial charge in [0.15, 0.2) is 0 Å². The van der Waals surface area contributed by atoms with E-state index in [1.54, 1.807) is 9.80 Å². The van der Waals surface area contributed by atoms with Gasteiger partial charge in [-0.1, -0.05) is 27.2 Å². The van der Waals surface area contributed by atoms with E-state index in [-0.39, 0.29) is 29.7 Å². The van der Waals surface area contributed by atoms with Crippen LogP contribution in [0.2, 0.25) is 0 Å². The Balaban J connectivity index is 1.83. The van der Waals surface area contributed by atoms with Gasteiger partial charge in [0.1, 0.15) is 0 Å². The molecule has 3 amide bonds. The van der Waals surface area contributed by atoms with Crippen molar-refractivity contribution in [1.29, 1.82) is 0 Å². The first-order valence-electron chi connectivity index (χ1n) is 8.64. The number of carbonyl (C=O) groups excluding carboxylic acids is 3. The van der Waals surface area contributed by atoms with E-state index in [0.717, 1.165) is 19.3 Å². The number of hydrogen-bond donors (Lipinski definition) is 0. The van der Waals surface area contributed by atoms with Crippen LogP contribution in [0.15, 0.2) is 0 Å². The second-order valence-electron chi connectivity index (χ2n) is 7.55.